The van der Waals surface area contributed by atoms with E-state index in [1.54, 1.807) is 12.1 Å². The second kappa shape index (κ2) is 6.65. The fourth-order valence-electron chi connectivity index (χ4n) is 1.42. The Balaban J connectivity index is 2.68. The first-order valence-electron chi connectivity index (χ1n) is 5.23. The summed E-state index contributed by atoms with van der Waals surface area (Å²) in [6.07, 6.45) is -0.0413. The average Bonchev–Trinajstić information content (AvgIpc) is 2.34. The van der Waals surface area contributed by atoms with Gasteiger partial charge in [0.1, 0.15) is 6.04 Å². The lowest BCUT2D eigenvalue weighted by Gasteiger charge is -2.16. The molecule has 92 valence electrons. The third-order valence-corrected chi connectivity index (χ3v) is 2.26. The van der Waals surface area contributed by atoms with E-state index in [1.165, 1.54) is 7.11 Å². The van der Waals surface area contributed by atoms with Gasteiger partial charge in [0.05, 0.1) is 13.5 Å². The molecule has 0 saturated carbocycles. The van der Waals surface area contributed by atoms with E-state index in [9.17, 15) is 9.59 Å². The van der Waals surface area contributed by atoms with Gasteiger partial charge in [0, 0.05) is 6.54 Å². The molecule has 1 aromatic rings. The van der Waals surface area contributed by atoms with E-state index in [0.29, 0.717) is 0 Å². The predicted molar refractivity (Wildman–Crippen MR) is 61.5 cm³/mol. The molecule has 0 bridgehead atoms. The molecule has 0 aliphatic heterocycles. The summed E-state index contributed by atoms with van der Waals surface area (Å²) in [5, 5.41) is 11.4. The fraction of sp³-hybridized carbons (Fsp3) is 0.333. The number of carbonyl (C=O) groups excluding carboxylic acids is 1. The van der Waals surface area contributed by atoms with E-state index in [1.807, 2.05) is 18.2 Å². The molecular weight excluding hydrogens is 222 g/mol. The maximum Gasteiger partial charge on any atom is 0.327 e. The molecule has 0 aliphatic rings. The number of carboxylic acids is 1. The zero-order valence-electron chi connectivity index (χ0n) is 9.55. The Hall–Kier alpha value is -1.88. The molecule has 0 radical (unpaired) electrons. The highest BCUT2D eigenvalue weighted by atomic mass is 16.5. The maximum absolute atomic E-state index is 11.6. The van der Waals surface area contributed by atoms with Gasteiger partial charge in [0.25, 0.3) is 0 Å². The molecule has 0 fully saturated rings. The van der Waals surface area contributed by atoms with Crippen molar-refractivity contribution in [3.05, 3.63) is 35.9 Å². The van der Waals surface area contributed by atoms with E-state index in [2.05, 4.69) is 10.1 Å². The van der Waals surface area contributed by atoms with E-state index < -0.39 is 18.0 Å². The number of hydrogen-bond donors (Lipinski definition) is 2. The van der Waals surface area contributed by atoms with Crippen LogP contribution in [0.2, 0.25) is 0 Å². The minimum atomic E-state index is -0.908. The molecule has 0 spiro atoms. The predicted octanol–water partition coefficient (Wildman–Crippen LogP) is 0.965. The monoisotopic (exact) mass is 237 g/mol. The molecule has 0 saturated heterocycles. The molecule has 0 heterocycles. The van der Waals surface area contributed by atoms with Gasteiger partial charge >= 0.3 is 11.9 Å². The summed E-state index contributed by atoms with van der Waals surface area (Å²) in [6, 6.07) is 8.41. The molecule has 0 aliphatic carbocycles. The highest BCUT2D eigenvalue weighted by Crippen LogP contribution is 2.13. The van der Waals surface area contributed by atoms with Crippen molar-refractivity contribution in [2.45, 2.75) is 12.5 Å². The standard InChI is InChI=1S/C12H15NO4/c1-17-12(16)11(13-8-7-10(14)15)9-5-3-2-4-6-9/h2-6,11,13H,7-8H2,1H3,(H,14,15). The van der Waals surface area contributed by atoms with Crippen LogP contribution >= 0.6 is 0 Å². The van der Waals surface area contributed by atoms with Gasteiger partial charge in [-0.2, -0.15) is 0 Å². The summed E-state index contributed by atoms with van der Waals surface area (Å²) in [6.45, 7) is 0.212. The van der Waals surface area contributed by atoms with Crippen molar-refractivity contribution in [2.24, 2.45) is 0 Å². The number of ether oxygens (including phenoxy) is 1. The van der Waals surface area contributed by atoms with Gasteiger partial charge in [-0.1, -0.05) is 30.3 Å². The highest BCUT2D eigenvalue weighted by Gasteiger charge is 2.20. The number of carboxylic acid groups (broad SMARTS) is 1. The SMILES string of the molecule is COC(=O)C(NCCC(=O)O)c1ccccc1. The molecule has 0 amide bonds. The summed E-state index contributed by atoms with van der Waals surface area (Å²) in [4.78, 5) is 22.0. The number of esters is 1. The first-order valence-corrected chi connectivity index (χ1v) is 5.23. The number of carbonyl (C=O) groups is 2. The summed E-state index contributed by atoms with van der Waals surface area (Å²) >= 11 is 0. The van der Waals surface area contributed by atoms with E-state index in [0.717, 1.165) is 5.56 Å². The van der Waals surface area contributed by atoms with Crippen LogP contribution in [-0.4, -0.2) is 30.7 Å². The van der Waals surface area contributed by atoms with Crippen molar-refractivity contribution in [2.75, 3.05) is 13.7 Å². The van der Waals surface area contributed by atoms with Crippen LogP contribution in [0.3, 0.4) is 0 Å². The van der Waals surface area contributed by atoms with Crippen molar-refractivity contribution >= 4 is 11.9 Å². The number of methoxy groups -OCH3 is 1. The average molecular weight is 237 g/mol. The molecule has 2 N–H and O–H groups in total. The molecule has 5 heteroatoms. The Labute approximate surface area is 99.4 Å². The molecule has 17 heavy (non-hydrogen) atoms. The summed E-state index contributed by atoms with van der Waals surface area (Å²) in [5.41, 5.74) is 0.754. The largest absolute Gasteiger partial charge is 0.481 e. The van der Waals surface area contributed by atoms with Crippen LogP contribution in [0.25, 0.3) is 0 Å². The van der Waals surface area contributed by atoms with E-state index in [-0.39, 0.29) is 13.0 Å². The lowest BCUT2D eigenvalue weighted by atomic mass is 10.1. The summed E-state index contributed by atoms with van der Waals surface area (Å²) in [5.74, 6) is -1.34. The summed E-state index contributed by atoms with van der Waals surface area (Å²) < 4.78 is 4.68. The Bertz CT molecular complexity index is 377. The van der Waals surface area contributed by atoms with Gasteiger partial charge in [-0.3, -0.25) is 4.79 Å². The Morgan fingerprint density at radius 2 is 2.00 bits per heavy atom. The van der Waals surface area contributed by atoms with Crippen LogP contribution in [0.4, 0.5) is 0 Å². The maximum atomic E-state index is 11.6. The zero-order valence-corrected chi connectivity index (χ0v) is 9.55. The van der Waals surface area contributed by atoms with Gasteiger partial charge in [0.15, 0.2) is 0 Å². The molecule has 1 atom stereocenters. The number of benzene rings is 1. The van der Waals surface area contributed by atoms with E-state index >= 15 is 0 Å². The minimum Gasteiger partial charge on any atom is -0.481 e. The first kappa shape index (κ1) is 13.2. The van der Waals surface area contributed by atoms with Gasteiger partial charge in [-0.15, -0.1) is 0 Å². The van der Waals surface area contributed by atoms with Crippen LogP contribution in [0.15, 0.2) is 30.3 Å². The topological polar surface area (TPSA) is 75.6 Å². The van der Waals surface area contributed by atoms with Crippen molar-refractivity contribution in [3.8, 4) is 0 Å². The molecule has 5 nitrogen and oxygen atoms in total. The number of nitrogens with one attached hydrogen (secondary N) is 1. The zero-order chi connectivity index (χ0) is 12.7. The molecule has 1 aromatic carbocycles. The third kappa shape index (κ3) is 4.24. The Morgan fingerprint density at radius 1 is 1.35 bits per heavy atom. The van der Waals surface area contributed by atoms with Gasteiger partial charge < -0.3 is 15.2 Å². The number of hydrogen-bond acceptors (Lipinski definition) is 4. The normalized spacial score (nSPS) is 11.8. The number of aliphatic carboxylic acids is 1. The quantitative estimate of drug-likeness (QED) is 0.721. The third-order valence-electron chi connectivity index (χ3n) is 2.26. The Kier molecular flexibility index (Phi) is 5.16. The van der Waals surface area contributed by atoms with Crippen LogP contribution < -0.4 is 5.32 Å². The van der Waals surface area contributed by atoms with Gasteiger partial charge in [0.2, 0.25) is 0 Å². The lowest BCUT2D eigenvalue weighted by Crippen LogP contribution is -2.31. The first-order chi connectivity index (χ1) is 8.15. The smallest absolute Gasteiger partial charge is 0.327 e. The van der Waals surface area contributed by atoms with Crippen LogP contribution in [0.5, 0.6) is 0 Å². The molecule has 1 rings (SSSR count). The van der Waals surface area contributed by atoms with Gasteiger partial charge in [-0.05, 0) is 5.56 Å². The van der Waals surface area contributed by atoms with Gasteiger partial charge in [-0.25, -0.2) is 4.79 Å². The lowest BCUT2D eigenvalue weighted by molar-refractivity contribution is -0.144. The van der Waals surface area contributed by atoms with Crippen LogP contribution in [0.1, 0.15) is 18.0 Å². The van der Waals surface area contributed by atoms with Crippen molar-refractivity contribution in [1.29, 1.82) is 0 Å². The molecular formula is C12H15NO4. The highest BCUT2D eigenvalue weighted by molar-refractivity contribution is 5.77. The van der Waals surface area contributed by atoms with Crippen molar-refractivity contribution in [1.82, 2.24) is 5.32 Å². The van der Waals surface area contributed by atoms with E-state index in [4.69, 9.17) is 5.11 Å². The fourth-order valence-corrected chi connectivity index (χ4v) is 1.42. The van der Waals surface area contributed by atoms with Crippen LogP contribution in [0, 0.1) is 0 Å². The van der Waals surface area contributed by atoms with Crippen molar-refractivity contribution in [3.63, 3.8) is 0 Å². The van der Waals surface area contributed by atoms with Crippen LogP contribution in [-0.2, 0) is 14.3 Å². The van der Waals surface area contributed by atoms with Crippen molar-refractivity contribution < 1.29 is 19.4 Å². The molecule has 0 aromatic heterocycles. The summed E-state index contributed by atoms with van der Waals surface area (Å²) in [7, 11) is 1.30. The minimum absolute atomic E-state index is 0.0413. The second-order valence-electron chi connectivity index (χ2n) is 3.46. The number of rotatable bonds is 6. The second-order valence-corrected chi connectivity index (χ2v) is 3.46. The Morgan fingerprint density at radius 3 is 2.53 bits per heavy atom. The molecule has 1 unspecified atom stereocenters.